The number of carbonyl (C=O) groups excluding carboxylic acids is 2. The van der Waals surface area contributed by atoms with Gasteiger partial charge < -0.3 is 9.97 Å². The minimum Gasteiger partial charge on any atom is -0.355 e. The number of Topliss-reactive ketones (excluding diaryl/α,β-unsaturated/α-hetero) is 2. The summed E-state index contributed by atoms with van der Waals surface area (Å²) in [5.74, 6) is -0.0941. The lowest BCUT2D eigenvalue weighted by Gasteiger charge is -2.21. The van der Waals surface area contributed by atoms with Crippen molar-refractivity contribution in [2.24, 2.45) is 0 Å². The standard InChI is InChI=1S/C22H24N2O2/c1-12-10-13(2)21(14(3)11-12)22(19-8-6-17(23-19)15(4)25)20-9-7-18(24-20)16(5)26/h6-11,22-24H,1-5H3. The molecule has 4 heteroatoms. The van der Waals surface area contributed by atoms with Crippen molar-refractivity contribution < 1.29 is 9.59 Å². The van der Waals surface area contributed by atoms with Crippen LogP contribution in [-0.4, -0.2) is 21.5 Å². The van der Waals surface area contributed by atoms with Crippen LogP contribution in [0.1, 0.15) is 74.4 Å². The average Bonchev–Trinajstić information content (AvgIpc) is 3.20. The summed E-state index contributed by atoms with van der Waals surface area (Å²) in [6, 6.07) is 11.9. The van der Waals surface area contributed by atoms with Gasteiger partial charge in [0.1, 0.15) is 0 Å². The van der Waals surface area contributed by atoms with Crippen molar-refractivity contribution in [1.82, 2.24) is 9.97 Å². The summed E-state index contributed by atoms with van der Waals surface area (Å²) in [5.41, 5.74) is 7.82. The highest BCUT2D eigenvalue weighted by Gasteiger charge is 2.24. The van der Waals surface area contributed by atoms with Gasteiger partial charge in [-0.3, -0.25) is 9.59 Å². The molecule has 0 saturated heterocycles. The van der Waals surface area contributed by atoms with E-state index in [0.29, 0.717) is 11.4 Å². The van der Waals surface area contributed by atoms with Crippen LogP contribution in [0.2, 0.25) is 0 Å². The third-order valence-corrected chi connectivity index (χ3v) is 4.82. The number of nitrogens with one attached hydrogen (secondary N) is 2. The summed E-state index contributed by atoms with van der Waals surface area (Å²) < 4.78 is 0. The van der Waals surface area contributed by atoms with Gasteiger partial charge in [0.05, 0.1) is 17.3 Å². The molecule has 3 rings (SSSR count). The molecule has 0 unspecified atom stereocenters. The van der Waals surface area contributed by atoms with Gasteiger partial charge in [-0.1, -0.05) is 17.7 Å². The maximum Gasteiger partial charge on any atom is 0.175 e. The summed E-state index contributed by atoms with van der Waals surface area (Å²) in [5, 5.41) is 0. The van der Waals surface area contributed by atoms with Crippen molar-refractivity contribution in [2.45, 2.75) is 40.5 Å². The molecule has 0 radical (unpaired) electrons. The lowest BCUT2D eigenvalue weighted by Crippen LogP contribution is -2.10. The second-order valence-electron chi connectivity index (χ2n) is 7.01. The van der Waals surface area contributed by atoms with Gasteiger partial charge in [-0.15, -0.1) is 0 Å². The van der Waals surface area contributed by atoms with E-state index in [9.17, 15) is 9.59 Å². The molecule has 2 N–H and O–H groups in total. The molecule has 0 amide bonds. The van der Waals surface area contributed by atoms with E-state index in [-0.39, 0.29) is 17.5 Å². The predicted molar refractivity (Wildman–Crippen MR) is 103 cm³/mol. The van der Waals surface area contributed by atoms with Crippen molar-refractivity contribution in [3.05, 3.63) is 81.4 Å². The van der Waals surface area contributed by atoms with Crippen LogP contribution in [-0.2, 0) is 0 Å². The lowest BCUT2D eigenvalue weighted by molar-refractivity contribution is 0.100. The molecular weight excluding hydrogens is 324 g/mol. The van der Waals surface area contributed by atoms with Crippen molar-refractivity contribution in [3.8, 4) is 0 Å². The van der Waals surface area contributed by atoms with Crippen LogP contribution in [0.4, 0.5) is 0 Å². The van der Waals surface area contributed by atoms with Crippen LogP contribution in [0.15, 0.2) is 36.4 Å². The zero-order valence-electron chi connectivity index (χ0n) is 15.9. The summed E-state index contributed by atoms with van der Waals surface area (Å²) in [4.78, 5) is 30.0. The zero-order chi connectivity index (χ0) is 19.0. The Morgan fingerprint density at radius 3 is 1.54 bits per heavy atom. The van der Waals surface area contributed by atoms with Crippen LogP contribution in [0.5, 0.6) is 0 Å². The lowest BCUT2D eigenvalue weighted by atomic mass is 9.85. The fourth-order valence-corrected chi connectivity index (χ4v) is 3.70. The van der Waals surface area contributed by atoms with E-state index < -0.39 is 0 Å². The number of aromatic amines is 2. The number of rotatable bonds is 5. The Hall–Kier alpha value is -2.88. The molecule has 3 aromatic rings. The van der Waals surface area contributed by atoms with E-state index >= 15 is 0 Å². The molecule has 2 heterocycles. The molecule has 0 aliphatic rings. The van der Waals surface area contributed by atoms with E-state index in [4.69, 9.17) is 0 Å². The van der Waals surface area contributed by atoms with E-state index in [1.807, 2.05) is 24.3 Å². The molecule has 4 nitrogen and oxygen atoms in total. The highest BCUT2D eigenvalue weighted by Crippen LogP contribution is 2.35. The number of hydrogen-bond donors (Lipinski definition) is 2. The molecule has 0 saturated carbocycles. The molecule has 0 fully saturated rings. The minimum absolute atomic E-state index is 0.00302. The second kappa shape index (κ2) is 6.79. The zero-order valence-corrected chi connectivity index (χ0v) is 15.9. The molecule has 1 aromatic carbocycles. The van der Waals surface area contributed by atoms with Crippen molar-refractivity contribution in [1.29, 1.82) is 0 Å². The molecular formula is C22H24N2O2. The number of benzene rings is 1. The quantitative estimate of drug-likeness (QED) is 0.647. The summed E-state index contributed by atoms with van der Waals surface area (Å²) in [6.45, 7) is 9.40. The summed E-state index contributed by atoms with van der Waals surface area (Å²) in [7, 11) is 0. The molecule has 0 aliphatic heterocycles. The van der Waals surface area contributed by atoms with Crippen molar-refractivity contribution in [2.75, 3.05) is 0 Å². The van der Waals surface area contributed by atoms with Crippen LogP contribution >= 0.6 is 0 Å². The summed E-state index contributed by atoms with van der Waals surface area (Å²) >= 11 is 0. The molecule has 134 valence electrons. The first-order valence-electron chi connectivity index (χ1n) is 8.75. The largest absolute Gasteiger partial charge is 0.355 e. The minimum atomic E-state index is -0.100. The van der Waals surface area contributed by atoms with Crippen molar-refractivity contribution >= 4 is 11.6 Å². The molecule has 26 heavy (non-hydrogen) atoms. The maximum absolute atomic E-state index is 11.7. The Kier molecular flexibility index (Phi) is 4.68. The number of aromatic nitrogens is 2. The predicted octanol–water partition coefficient (Wildman–Crippen LogP) is 4.85. The SMILES string of the molecule is CC(=O)c1ccc(C(c2ccc(C(C)=O)[nH]2)c2c(C)cc(C)cc2C)[nH]1. The number of ketones is 2. The maximum atomic E-state index is 11.7. The first-order chi connectivity index (χ1) is 12.3. The van der Waals surface area contributed by atoms with E-state index in [2.05, 4.69) is 42.9 Å². The van der Waals surface area contributed by atoms with Gasteiger partial charge in [-0.25, -0.2) is 0 Å². The smallest absolute Gasteiger partial charge is 0.175 e. The first-order valence-corrected chi connectivity index (χ1v) is 8.75. The van der Waals surface area contributed by atoms with Crippen molar-refractivity contribution in [3.63, 3.8) is 0 Å². The normalized spacial score (nSPS) is 11.2. The van der Waals surface area contributed by atoms with Crippen LogP contribution in [0.25, 0.3) is 0 Å². The third kappa shape index (κ3) is 3.27. The van der Waals surface area contributed by atoms with Crippen LogP contribution < -0.4 is 0 Å². The summed E-state index contributed by atoms with van der Waals surface area (Å²) in [6.07, 6.45) is 0. The Balaban J connectivity index is 2.21. The molecule has 0 bridgehead atoms. The van der Waals surface area contributed by atoms with E-state index in [1.54, 1.807) is 13.8 Å². The molecule has 0 atom stereocenters. The van der Waals surface area contributed by atoms with Gasteiger partial charge in [-0.05, 0) is 61.7 Å². The Morgan fingerprint density at radius 2 is 1.19 bits per heavy atom. The fraction of sp³-hybridized carbons (Fsp3) is 0.273. The van der Waals surface area contributed by atoms with Gasteiger partial charge in [-0.2, -0.15) is 0 Å². The highest BCUT2D eigenvalue weighted by molar-refractivity contribution is 5.93. The average molecular weight is 348 g/mol. The molecule has 0 spiro atoms. The Bertz CT molecular complexity index is 916. The van der Waals surface area contributed by atoms with Crippen LogP contribution in [0, 0.1) is 20.8 Å². The van der Waals surface area contributed by atoms with Gasteiger partial charge in [0.25, 0.3) is 0 Å². The molecule has 2 aromatic heterocycles. The van der Waals surface area contributed by atoms with Gasteiger partial charge in [0.2, 0.25) is 0 Å². The fourth-order valence-electron chi connectivity index (χ4n) is 3.70. The topological polar surface area (TPSA) is 65.7 Å². The highest BCUT2D eigenvalue weighted by atomic mass is 16.1. The number of aryl methyl sites for hydroxylation is 3. The molecule has 0 aliphatic carbocycles. The first kappa shape index (κ1) is 17.9. The number of carbonyl (C=O) groups is 2. The van der Waals surface area contributed by atoms with Gasteiger partial charge in [0, 0.05) is 25.2 Å². The Labute approximate surface area is 153 Å². The number of H-pyrrole nitrogens is 2. The monoisotopic (exact) mass is 348 g/mol. The van der Waals surface area contributed by atoms with Crippen LogP contribution in [0.3, 0.4) is 0 Å². The second-order valence-corrected chi connectivity index (χ2v) is 7.01. The van der Waals surface area contributed by atoms with Gasteiger partial charge >= 0.3 is 0 Å². The Morgan fingerprint density at radius 1 is 0.769 bits per heavy atom. The number of hydrogen-bond acceptors (Lipinski definition) is 2. The third-order valence-electron chi connectivity index (χ3n) is 4.82. The van der Waals surface area contributed by atoms with Gasteiger partial charge in [0.15, 0.2) is 11.6 Å². The van der Waals surface area contributed by atoms with E-state index in [0.717, 1.165) is 11.4 Å². The van der Waals surface area contributed by atoms with E-state index in [1.165, 1.54) is 22.3 Å².